The van der Waals surface area contributed by atoms with E-state index in [4.69, 9.17) is 5.11 Å². The minimum absolute atomic E-state index is 0.783. The van der Waals surface area contributed by atoms with Gasteiger partial charge in [-0.3, -0.25) is 0 Å². The van der Waals surface area contributed by atoms with Crippen LogP contribution in [0.1, 0.15) is 26.7 Å². The van der Waals surface area contributed by atoms with E-state index in [1.54, 1.807) is 6.92 Å². The Bertz CT molecular complexity index is 178. The largest absolute Gasteiger partial charge is 0.478 e. The number of carboxylic acid groups (broad SMARTS) is 1. The fraction of sp³-hybridized carbons (Fsp3) is 0.444. The zero-order chi connectivity index (χ0) is 8.69. The number of hydrogen-bond acceptors (Lipinski definition) is 1. The maximum absolute atomic E-state index is 10.1. The maximum Gasteiger partial charge on any atom is 0.328 e. The van der Waals surface area contributed by atoms with Crippen LogP contribution < -0.4 is 0 Å². The van der Waals surface area contributed by atoms with E-state index in [0.717, 1.165) is 18.4 Å². The van der Waals surface area contributed by atoms with Gasteiger partial charge in [-0.25, -0.2) is 4.79 Å². The summed E-state index contributed by atoms with van der Waals surface area (Å²) in [5.41, 5.74) is 0.783. The van der Waals surface area contributed by atoms with Gasteiger partial charge in [0.1, 0.15) is 0 Å². The summed E-state index contributed by atoms with van der Waals surface area (Å²) in [5.74, 6) is -0.886. The van der Waals surface area contributed by atoms with Gasteiger partial charge in [-0.1, -0.05) is 25.5 Å². The molecule has 2 heteroatoms. The second-order valence-electron chi connectivity index (χ2n) is 2.42. The quantitative estimate of drug-likeness (QED) is 0.498. The van der Waals surface area contributed by atoms with Crippen molar-refractivity contribution in [3.8, 4) is 0 Å². The van der Waals surface area contributed by atoms with Crippen LogP contribution in [0.15, 0.2) is 23.8 Å². The Morgan fingerprint density at radius 1 is 1.55 bits per heavy atom. The standard InChI is InChI=1S/C9H14O2/c1-3-4-5-6-8(2)7-9(10)11/h5-7H,3-4H2,1-2H3,(H,10,11). The molecule has 0 aromatic heterocycles. The highest BCUT2D eigenvalue weighted by atomic mass is 16.4. The molecule has 2 nitrogen and oxygen atoms in total. The third kappa shape index (κ3) is 6.84. The highest BCUT2D eigenvalue weighted by Gasteiger charge is 1.87. The molecule has 0 aliphatic heterocycles. The number of allylic oxidation sites excluding steroid dienone is 3. The molecule has 62 valence electrons. The number of carbonyl (C=O) groups is 1. The smallest absolute Gasteiger partial charge is 0.328 e. The third-order valence-corrected chi connectivity index (χ3v) is 1.19. The summed E-state index contributed by atoms with van der Waals surface area (Å²) in [5, 5.41) is 8.33. The van der Waals surface area contributed by atoms with Crippen LogP contribution in [0.5, 0.6) is 0 Å². The summed E-state index contributed by atoms with van der Waals surface area (Å²) in [4.78, 5) is 10.1. The first-order valence-corrected chi connectivity index (χ1v) is 3.74. The lowest BCUT2D eigenvalue weighted by Crippen LogP contribution is -1.87. The van der Waals surface area contributed by atoms with Crippen molar-refractivity contribution in [2.75, 3.05) is 0 Å². The molecule has 0 saturated carbocycles. The Labute approximate surface area is 67.2 Å². The summed E-state index contributed by atoms with van der Waals surface area (Å²) in [6, 6.07) is 0. The molecular formula is C9H14O2. The van der Waals surface area contributed by atoms with Crippen molar-refractivity contribution < 1.29 is 9.90 Å². The van der Waals surface area contributed by atoms with E-state index in [0.29, 0.717) is 0 Å². The molecule has 0 aliphatic rings. The summed E-state index contributed by atoms with van der Waals surface area (Å²) in [6.07, 6.45) is 7.11. The highest BCUT2D eigenvalue weighted by Crippen LogP contribution is 1.97. The van der Waals surface area contributed by atoms with Gasteiger partial charge in [0.25, 0.3) is 0 Å². The minimum Gasteiger partial charge on any atom is -0.478 e. The fourth-order valence-corrected chi connectivity index (χ4v) is 0.679. The number of hydrogen-bond donors (Lipinski definition) is 1. The van der Waals surface area contributed by atoms with Gasteiger partial charge in [-0.05, 0) is 18.9 Å². The molecule has 0 aliphatic carbocycles. The molecule has 0 radical (unpaired) electrons. The number of carboxylic acids is 1. The van der Waals surface area contributed by atoms with Gasteiger partial charge >= 0.3 is 5.97 Å². The van der Waals surface area contributed by atoms with Gasteiger partial charge in [0, 0.05) is 6.08 Å². The first-order chi connectivity index (χ1) is 5.16. The maximum atomic E-state index is 10.1. The van der Waals surface area contributed by atoms with Gasteiger partial charge in [-0.2, -0.15) is 0 Å². The van der Waals surface area contributed by atoms with E-state index in [9.17, 15) is 4.79 Å². The molecule has 11 heavy (non-hydrogen) atoms. The zero-order valence-corrected chi connectivity index (χ0v) is 7.00. The summed E-state index contributed by atoms with van der Waals surface area (Å²) < 4.78 is 0. The topological polar surface area (TPSA) is 37.3 Å². The van der Waals surface area contributed by atoms with Gasteiger partial charge in [-0.15, -0.1) is 0 Å². The lowest BCUT2D eigenvalue weighted by atomic mass is 10.2. The molecule has 0 atom stereocenters. The normalized spacial score (nSPS) is 12.4. The Balaban J connectivity index is 3.85. The molecule has 0 aromatic carbocycles. The first-order valence-electron chi connectivity index (χ1n) is 3.74. The van der Waals surface area contributed by atoms with Crippen molar-refractivity contribution in [1.82, 2.24) is 0 Å². The average molecular weight is 154 g/mol. The van der Waals surface area contributed by atoms with E-state index in [2.05, 4.69) is 6.92 Å². The first kappa shape index (κ1) is 9.95. The monoisotopic (exact) mass is 154 g/mol. The van der Waals surface area contributed by atoms with Crippen LogP contribution in [0, 0.1) is 0 Å². The fourth-order valence-electron chi connectivity index (χ4n) is 0.679. The minimum atomic E-state index is -0.886. The number of aliphatic carboxylic acids is 1. The molecule has 0 amide bonds. The van der Waals surface area contributed by atoms with Crippen LogP contribution >= 0.6 is 0 Å². The van der Waals surface area contributed by atoms with E-state index in [1.165, 1.54) is 6.08 Å². The van der Waals surface area contributed by atoms with Gasteiger partial charge < -0.3 is 5.11 Å². The van der Waals surface area contributed by atoms with Crippen molar-refractivity contribution in [2.45, 2.75) is 26.7 Å². The van der Waals surface area contributed by atoms with E-state index in [-0.39, 0.29) is 0 Å². The number of unbranched alkanes of at least 4 members (excludes halogenated alkanes) is 1. The van der Waals surface area contributed by atoms with Crippen LogP contribution in [0.25, 0.3) is 0 Å². The van der Waals surface area contributed by atoms with Crippen LogP contribution in [0.3, 0.4) is 0 Å². The molecule has 0 spiro atoms. The summed E-state index contributed by atoms with van der Waals surface area (Å²) >= 11 is 0. The molecule has 0 rings (SSSR count). The SMILES string of the molecule is CCCC=CC(C)=CC(=O)O. The Hall–Kier alpha value is -1.05. The average Bonchev–Trinajstić information content (AvgIpc) is 1.86. The van der Waals surface area contributed by atoms with Gasteiger partial charge in [0.05, 0.1) is 0 Å². The van der Waals surface area contributed by atoms with E-state index >= 15 is 0 Å². The Morgan fingerprint density at radius 3 is 2.64 bits per heavy atom. The third-order valence-electron chi connectivity index (χ3n) is 1.19. The van der Waals surface area contributed by atoms with Crippen LogP contribution in [0.4, 0.5) is 0 Å². The zero-order valence-electron chi connectivity index (χ0n) is 7.00. The van der Waals surface area contributed by atoms with Crippen molar-refractivity contribution in [2.24, 2.45) is 0 Å². The molecule has 1 N–H and O–H groups in total. The van der Waals surface area contributed by atoms with Crippen molar-refractivity contribution in [3.63, 3.8) is 0 Å². The highest BCUT2D eigenvalue weighted by molar-refractivity contribution is 5.81. The summed E-state index contributed by atoms with van der Waals surface area (Å²) in [7, 11) is 0. The van der Waals surface area contributed by atoms with Crippen LogP contribution in [-0.4, -0.2) is 11.1 Å². The van der Waals surface area contributed by atoms with Crippen molar-refractivity contribution in [3.05, 3.63) is 23.8 Å². The second kappa shape index (κ2) is 5.71. The van der Waals surface area contributed by atoms with Crippen molar-refractivity contribution >= 4 is 5.97 Å². The van der Waals surface area contributed by atoms with Crippen LogP contribution in [0.2, 0.25) is 0 Å². The Kier molecular flexibility index (Phi) is 5.17. The van der Waals surface area contributed by atoms with Crippen LogP contribution in [-0.2, 0) is 4.79 Å². The van der Waals surface area contributed by atoms with Gasteiger partial charge in [0.15, 0.2) is 0 Å². The molecule has 0 unspecified atom stereocenters. The van der Waals surface area contributed by atoms with Crippen molar-refractivity contribution in [1.29, 1.82) is 0 Å². The predicted molar refractivity (Wildman–Crippen MR) is 45.4 cm³/mol. The molecule has 0 heterocycles. The molecule has 0 saturated heterocycles. The second-order valence-corrected chi connectivity index (χ2v) is 2.42. The lowest BCUT2D eigenvalue weighted by Gasteiger charge is -1.88. The Morgan fingerprint density at radius 2 is 2.18 bits per heavy atom. The lowest BCUT2D eigenvalue weighted by molar-refractivity contribution is -0.131. The molecular weight excluding hydrogens is 140 g/mol. The van der Waals surface area contributed by atoms with E-state index < -0.39 is 5.97 Å². The van der Waals surface area contributed by atoms with E-state index in [1.807, 2.05) is 12.2 Å². The molecule has 0 bridgehead atoms. The molecule has 0 fully saturated rings. The summed E-state index contributed by atoms with van der Waals surface area (Å²) in [6.45, 7) is 3.86. The predicted octanol–water partition coefficient (Wildman–Crippen LogP) is 2.37. The molecule has 0 aromatic rings. The number of rotatable bonds is 4. The van der Waals surface area contributed by atoms with Gasteiger partial charge in [0.2, 0.25) is 0 Å².